The van der Waals surface area contributed by atoms with Gasteiger partial charge < -0.3 is 5.32 Å². The summed E-state index contributed by atoms with van der Waals surface area (Å²) in [6.07, 6.45) is 0. The number of amides is 1. The number of thioether (sulfide) groups is 1. The predicted molar refractivity (Wildman–Crippen MR) is 99.2 cm³/mol. The second kappa shape index (κ2) is 8.51. The molecule has 5 heteroatoms. The Bertz CT molecular complexity index is 740. The molecular formula is C19H21N3OS. The van der Waals surface area contributed by atoms with Crippen LogP contribution in [0.15, 0.2) is 30.3 Å². The van der Waals surface area contributed by atoms with Crippen LogP contribution in [0.2, 0.25) is 0 Å². The maximum Gasteiger partial charge on any atom is 0.251 e. The van der Waals surface area contributed by atoms with Gasteiger partial charge in [-0.1, -0.05) is 19.1 Å². The van der Waals surface area contributed by atoms with Gasteiger partial charge in [0.05, 0.1) is 17.0 Å². The zero-order chi connectivity index (χ0) is 17.5. The van der Waals surface area contributed by atoms with Crippen molar-refractivity contribution in [2.45, 2.75) is 20.8 Å². The van der Waals surface area contributed by atoms with Crippen LogP contribution in [0.1, 0.15) is 34.1 Å². The van der Waals surface area contributed by atoms with Crippen molar-refractivity contribution in [3.8, 4) is 17.3 Å². The van der Waals surface area contributed by atoms with E-state index < -0.39 is 0 Å². The van der Waals surface area contributed by atoms with Gasteiger partial charge in [-0.2, -0.15) is 17.0 Å². The van der Waals surface area contributed by atoms with Crippen molar-refractivity contribution in [2.75, 3.05) is 18.1 Å². The molecule has 0 radical (unpaired) electrons. The molecule has 24 heavy (non-hydrogen) atoms. The van der Waals surface area contributed by atoms with Crippen molar-refractivity contribution in [2.24, 2.45) is 0 Å². The fourth-order valence-corrected chi connectivity index (χ4v) is 2.96. The molecule has 1 heterocycles. The summed E-state index contributed by atoms with van der Waals surface area (Å²) in [5, 5.41) is 12.0. The van der Waals surface area contributed by atoms with Gasteiger partial charge in [0.2, 0.25) is 0 Å². The van der Waals surface area contributed by atoms with Crippen LogP contribution in [0.3, 0.4) is 0 Å². The number of hydrogen-bond acceptors (Lipinski definition) is 4. The Morgan fingerprint density at radius 1 is 1.29 bits per heavy atom. The molecule has 0 aliphatic carbocycles. The fraction of sp³-hybridized carbons (Fsp3) is 0.316. The lowest BCUT2D eigenvalue weighted by Crippen LogP contribution is -2.25. The summed E-state index contributed by atoms with van der Waals surface area (Å²) in [5.74, 6) is 1.92. The smallest absolute Gasteiger partial charge is 0.251 e. The molecular weight excluding hydrogens is 318 g/mol. The highest BCUT2D eigenvalue weighted by Crippen LogP contribution is 2.22. The average molecular weight is 339 g/mol. The highest BCUT2D eigenvalue weighted by Gasteiger charge is 2.09. The van der Waals surface area contributed by atoms with Gasteiger partial charge in [-0.05, 0) is 43.4 Å². The van der Waals surface area contributed by atoms with Crippen molar-refractivity contribution in [3.63, 3.8) is 0 Å². The zero-order valence-corrected chi connectivity index (χ0v) is 15.0. The first kappa shape index (κ1) is 18.0. The van der Waals surface area contributed by atoms with Crippen molar-refractivity contribution in [1.82, 2.24) is 10.3 Å². The van der Waals surface area contributed by atoms with Gasteiger partial charge in [-0.25, -0.2) is 0 Å². The van der Waals surface area contributed by atoms with E-state index in [1.807, 2.05) is 44.2 Å². The van der Waals surface area contributed by atoms with Gasteiger partial charge in [0.25, 0.3) is 5.91 Å². The average Bonchev–Trinajstić information content (AvgIpc) is 2.58. The van der Waals surface area contributed by atoms with Gasteiger partial charge in [0.15, 0.2) is 0 Å². The number of carbonyl (C=O) groups is 1. The number of pyridine rings is 1. The minimum absolute atomic E-state index is 0.0570. The SMILES string of the molecule is CCSCCNC(=O)c1ccc(-c2cc(C)c(C#N)c(C)n2)cc1. The topological polar surface area (TPSA) is 65.8 Å². The molecule has 124 valence electrons. The highest BCUT2D eigenvalue weighted by atomic mass is 32.2. The number of nitrogens with one attached hydrogen (secondary N) is 1. The summed E-state index contributed by atoms with van der Waals surface area (Å²) in [6, 6.07) is 11.5. The monoisotopic (exact) mass is 339 g/mol. The number of aryl methyl sites for hydroxylation is 2. The van der Waals surface area contributed by atoms with E-state index in [9.17, 15) is 4.79 Å². The summed E-state index contributed by atoms with van der Waals surface area (Å²) in [5.41, 5.74) is 4.65. The first-order valence-electron chi connectivity index (χ1n) is 7.91. The first-order valence-corrected chi connectivity index (χ1v) is 9.07. The van der Waals surface area contributed by atoms with Crippen molar-refractivity contribution in [3.05, 3.63) is 52.7 Å². The molecule has 2 aromatic rings. The summed E-state index contributed by atoms with van der Waals surface area (Å²) in [6.45, 7) is 6.53. The van der Waals surface area contributed by atoms with E-state index >= 15 is 0 Å². The summed E-state index contributed by atoms with van der Waals surface area (Å²) < 4.78 is 0. The maximum atomic E-state index is 12.1. The molecule has 2 rings (SSSR count). The molecule has 1 aromatic carbocycles. The van der Waals surface area contributed by atoms with Crippen LogP contribution in [-0.2, 0) is 0 Å². The number of carbonyl (C=O) groups excluding carboxylic acids is 1. The third-order valence-electron chi connectivity index (χ3n) is 3.69. The Kier molecular flexibility index (Phi) is 6.39. The quantitative estimate of drug-likeness (QED) is 0.815. The predicted octanol–water partition coefficient (Wildman–Crippen LogP) is 3.72. The second-order valence-electron chi connectivity index (χ2n) is 5.43. The van der Waals surface area contributed by atoms with E-state index in [2.05, 4.69) is 23.3 Å². The molecule has 1 aromatic heterocycles. The zero-order valence-electron chi connectivity index (χ0n) is 14.2. The lowest BCUT2D eigenvalue weighted by molar-refractivity contribution is 0.0956. The molecule has 0 aliphatic rings. The van der Waals surface area contributed by atoms with Crippen molar-refractivity contribution < 1.29 is 4.79 Å². The lowest BCUT2D eigenvalue weighted by Gasteiger charge is -2.08. The van der Waals surface area contributed by atoms with Crippen molar-refractivity contribution in [1.29, 1.82) is 5.26 Å². The van der Waals surface area contributed by atoms with Crippen LogP contribution >= 0.6 is 11.8 Å². The summed E-state index contributed by atoms with van der Waals surface area (Å²) >= 11 is 1.80. The van der Waals surface area contributed by atoms with Crippen LogP contribution in [0.5, 0.6) is 0 Å². The number of aromatic nitrogens is 1. The minimum Gasteiger partial charge on any atom is -0.351 e. The van der Waals surface area contributed by atoms with Crippen LogP contribution < -0.4 is 5.32 Å². The van der Waals surface area contributed by atoms with Crippen molar-refractivity contribution >= 4 is 17.7 Å². The summed E-state index contributed by atoms with van der Waals surface area (Å²) in [4.78, 5) is 16.6. The third kappa shape index (κ3) is 4.36. The molecule has 4 nitrogen and oxygen atoms in total. The van der Waals surface area contributed by atoms with E-state index in [0.717, 1.165) is 34.0 Å². The molecule has 0 aliphatic heterocycles. The number of nitriles is 1. The first-order chi connectivity index (χ1) is 11.6. The second-order valence-corrected chi connectivity index (χ2v) is 6.82. The van der Waals surface area contributed by atoms with E-state index in [1.165, 1.54) is 0 Å². The van der Waals surface area contributed by atoms with E-state index in [4.69, 9.17) is 5.26 Å². The van der Waals surface area contributed by atoms with Gasteiger partial charge >= 0.3 is 0 Å². The number of benzene rings is 1. The largest absolute Gasteiger partial charge is 0.351 e. The van der Waals surface area contributed by atoms with Crippen LogP contribution in [0, 0.1) is 25.2 Å². The number of rotatable bonds is 6. The maximum absolute atomic E-state index is 12.1. The Hall–Kier alpha value is -2.32. The number of hydrogen-bond donors (Lipinski definition) is 1. The Morgan fingerprint density at radius 3 is 2.58 bits per heavy atom. The molecule has 1 N–H and O–H groups in total. The van der Waals surface area contributed by atoms with E-state index in [-0.39, 0.29) is 5.91 Å². The fourth-order valence-electron chi connectivity index (χ4n) is 2.42. The van der Waals surface area contributed by atoms with Crippen LogP contribution in [-0.4, -0.2) is 28.9 Å². The standard InChI is InChI=1S/C19H21N3OS/c1-4-24-10-9-21-19(23)16-7-5-15(6-8-16)18-11-13(2)17(12-20)14(3)22-18/h5-8,11H,4,9-10H2,1-3H3,(H,21,23). The van der Waals surface area contributed by atoms with Crippen LogP contribution in [0.25, 0.3) is 11.3 Å². The van der Waals surface area contributed by atoms with Gasteiger partial charge in [-0.15, -0.1) is 0 Å². The molecule has 0 spiro atoms. The molecule has 0 saturated carbocycles. The Labute approximate surface area is 147 Å². The molecule has 1 amide bonds. The third-order valence-corrected chi connectivity index (χ3v) is 4.59. The van der Waals surface area contributed by atoms with Gasteiger partial charge in [0, 0.05) is 23.4 Å². The Balaban J connectivity index is 2.12. The molecule has 0 bridgehead atoms. The molecule has 0 unspecified atom stereocenters. The van der Waals surface area contributed by atoms with E-state index in [1.54, 1.807) is 11.8 Å². The van der Waals surface area contributed by atoms with Gasteiger partial charge in [-0.3, -0.25) is 9.78 Å². The van der Waals surface area contributed by atoms with Gasteiger partial charge in [0.1, 0.15) is 6.07 Å². The normalized spacial score (nSPS) is 10.2. The molecule has 0 fully saturated rings. The van der Waals surface area contributed by atoms with Crippen LogP contribution in [0.4, 0.5) is 0 Å². The molecule has 0 saturated heterocycles. The summed E-state index contributed by atoms with van der Waals surface area (Å²) in [7, 11) is 0. The minimum atomic E-state index is -0.0570. The van der Waals surface area contributed by atoms with E-state index in [0.29, 0.717) is 17.7 Å². The highest BCUT2D eigenvalue weighted by molar-refractivity contribution is 7.99. The number of nitrogens with zero attached hydrogens (tertiary/aromatic N) is 2. The Morgan fingerprint density at radius 2 is 2.00 bits per heavy atom. The molecule has 0 atom stereocenters. The lowest BCUT2D eigenvalue weighted by atomic mass is 10.0.